The summed E-state index contributed by atoms with van der Waals surface area (Å²) in [6, 6.07) is 12.1. The minimum absolute atomic E-state index is 0.236. The van der Waals surface area contributed by atoms with E-state index >= 15 is 4.39 Å². The maximum Gasteiger partial charge on any atom is 0.573 e. The van der Waals surface area contributed by atoms with Crippen molar-refractivity contribution in [3.05, 3.63) is 88.7 Å². The van der Waals surface area contributed by atoms with Crippen molar-refractivity contribution in [3.63, 3.8) is 0 Å². The van der Waals surface area contributed by atoms with Crippen LogP contribution in [0.25, 0.3) is 22.7 Å². The molecule has 45 heavy (non-hydrogen) atoms. The van der Waals surface area contributed by atoms with E-state index in [0.29, 0.717) is 39.9 Å². The summed E-state index contributed by atoms with van der Waals surface area (Å²) in [5.74, 6) is -1.29. The molecule has 3 N–H and O–H groups in total. The fraction of sp³-hybridized carbons (Fsp3) is 0.212. The van der Waals surface area contributed by atoms with Crippen molar-refractivity contribution in [1.29, 1.82) is 0 Å². The number of alkyl halides is 3. The topological polar surface area (TPSA) is 86.7 Å². The zero-order valence-corrected chi connectivity index (χ0v) is 25.7. The molecule has 5 rings (SSSR count). The van der Waals surface area contributed by atoms with Gasteiger partial charge < -0.3 is 25.4 Å². The second-order valence-corrected chi connectivity index (χ2v) is 12.3. The minimum Gasteiger partial charge on any atom is -0.506 e. The number of aromatic nitrogens is 1. The Morgan fingerprint density at radius 1 is 1.13 bits per heavy atom. The van der Waals surface area contributed by atoms with Crippen molar-refractivity contribution in [2.75, 3.05) is 22.1 Å². The Bertz CT molecular complexity index is 1810. The van der Waals surface area contributed by atoms with Gasteiger partial charge in [-0.15, -0.1) is 24.5 Å². The lowest BCUT2D eigenvalue weighted by Gasteiger charge is -2.25. The number of phenols is 1. The third kappa shape index (κ3) is 6.65. The van der Waals surface area contributed by atoms with E-state index in [9.17, 15) is 23.1 Å². The first kappa shape index (κ1) is 31.6. The first-order valence-corrected chi connectivity index (χ1v) is 14.6. The SMILES string of the molecule is C=Cc1nc(-c2c(F)cc(O)c3c2C(C)(C)CN3c2ccccc2NC(=O)Nc2ccc(OC(F)(F)F)cc2)sc1C=C(C)C. The number of halogens is 4. The van der Waals surface area contributed by atoms with Crippen LogP contribution in [0.2, 0.25) is 0 Å². The number of urea groups is 1. The Morgan fingerprint density at radius 2 is 1.82 bits per heavy atom. The van der Waals surface area contributed by atoms with Gasteiger partial charge in [0.05, 0.1) is 33.2 Å². The fourth-order valence-corrected chi connectivity index (χ4v) is 6.51. The number of carbonyl (C=O) groups is 1. The van der Waals surface area contributed by atoms with E-state index in [1.54, 1.807) is 30.3 Å². The molecule has 3 aromatic carbocycles. The summed E-state index contributed by atoms with van der Waals surface area (Å²) >= 11 is 1.34. The fourth-order valence-electron chi connectivity index (χ4n) is 5.33. The van der Waals surface area contributed by atoms with E-state index in [-0.39, 0.29) is 17.0 Å². The Kier molecular flexibility index (Phi) is 8.37. The summed E-state index contributed by atoms with van der Waals surface area (Å²) in [5.41, 5.74) is 3.45. The molecule has 0 unspecified atom stereocenters. The highest BCUT2D eigenvalue weighted by Crippen LogP contribution is 2.55. The van der Waals surface area contributed by atoms with Gasteiger partial charge in [0.25, 0.3) is 0 Å². The van der Waals surface area contributed by atoms with E-state index in [1.807, 2.05) is 38.7 Å². The van der Waals surface area contributed by atoms with Crippen molar-refractivity contribution in [3.8, 4) is 22.1 Å². The van der Waals surface area contributed by atoms with Gasteiger partial charge in [-0.3, -0.25) is 0 Å². The quantitative estimate of drug-likeness (QED) is 0.176. The molecule has 234 valence electrons. The van der Waals surface area contributed by atoms with Crippen LogP contribution in [0.1, 0.15) is 43.8 Å². The largest absolute Gasteiger partial charge is 0.573 e. The Balaban J connectivity index is 1.50. The molecule has 1 aliphatic rings. The maximum absolute atomic E-state index is 15.8. The standard InChI is InChI=1S/C33H30F4N4O3S/c1-6-22-26(15-18(2)3)45-30(39-22)27-21(34)16-25(42)29-28(27)32(4,5)17-41(29)24-10-8-7-9-23(24)40-31(43)38-19-11-13-20(14-12-19)44-33(35,36)37/h6-16,42H,1,17H2,2-5H3,(H2,38,40,43). The summed E-state index contributed by atoms with van der Waals surface area (Å²) in [4.78, 5) is 20.3. The molecule has 0 fully saturated rings. The molecule has 7 nitrogen and oxygen atoms in total. The van der Waals surface area contributed by atoms with E-state index in [1.165, 1.54) is 23.5 Å². The van der Waals surface area contributed by atoms with Crippen LogP contribution in [0.3, 0.4) is 0 Å². The molecular formula is C33H30F4N4O3S. The molecule has 0 bridgehead atoms. The molecule has 0 radical (unpaired) electrons. The Morgan fingerprint density at radius 3 is 2.47 bits per heavy atom. The first-order valence-electron chi connectivity index (χ1n) is 13.8. The molecule has 12 heteroatoms. The number of rotatable bonds is 7. The number of fused-ring (bicyclic) bond motifs is 1. The monoisotopic (exact) mass is 638 g/mol. The average molecular weight is 639 g/mol. The highest BCUT2D eigenvalue weighted by molar-refractivity contribution is 7.16. The number of anilines is 4. The van der Waals surface area contributed by atoms with Crippen molar-refractivity contribution in [1.82, 2.24) is 4.98 Å². The maximum atomic E-state index is 15.8. The van der Waals surface area contributed by atoms with Gasteiger partial charge in [-0.25, -0.2) is 14.2 Å². The summed E-state index contributed by atoms with van der Waals surface area (Å²) in [7, 11) is 0. The van der Waals surface area contributed by atoms with Gasteiger partial charge in [0.15, 0.2) is 0 Å². The zero-order chi connectivity index (χ0) is 32.7. The molecule has 4 aromatic rings. The molecule has 2 heterocycles. The van der Waals surface area contributed by atoms with E-state index in [2.05, 4.69) is 26.9 Å². The number of allylic oxidation sites excluding steroid dienone is 1. The summed E-state index contributed by atoms with van der Waals surface area (Å²) in [6.45, 7) is 12.0. The molecule has 0 saturated carbocycles. The van der Waals surface area contributed by atoms with Crippen molar-refractivity contribution in [2.24, 2.45) is 0 Å². The number of carbonyl (C=O) groups excluding carboxylic acids is 1. The first-order chi connectivity index (χ1) is 21.2. The highest BCUT2D eigenvalue weighted by atomic mass is 32.1. The third-order valence-electron chi connectivity index (χ3n) is 7.03. The Labute approximate surface area is 261 Å². The number of nitrogens with one attached hydrogen (secondary N) is 2. The van der Waals surface area contributed by atoms with Crippen LogP contribution < -0.4 is 20.3 Å². The number of aromatic hydroxyl groups is 1. The van der Waals surface area contributed by atoms with Crippen LogP contribution in [0.5, 0.6) is 11.5 Å². The van der Waals surface area contributed by atoms with E-state index < -0.39 is 29.4 Å². The van der Waals surface area contributed by atoms with Crippen molar-refractivity contribution in [2.45, 2.75) is 39.5 Å². The molecule has 0 saturated heterocycles. The lowest BCUT2D eigenvalue weighted by molar-refractivity contribution is -0.274. The van der Waals surface area contributed by atoms with Crippen LogP contribution in [0.15, 0.2) is 66.7 Å². The number of phenolic OH excluding ortho intramolecular Hbond substituents is 1. The Hall–Kier alpha value is -4.84. The van der Waals surface area contributed by atoms with Crippen molar-refractivity contribution >= 4 is 52.3 Å². The van der Waals surface area contributed by atoms with E-state index in [0.717, 1.165) is 28.6 Å². The number of hydrogen-bond donors (Lipinski definition) is 3. The second-order valence-electron chi connectivity index (χ2n) is 11.3. The van der Waals surface area contributed by atoms with Crippen LogP contribution in [-0.4, -0.2) is 29.0 Å². The van der Waals surface area contributed by atoms with Gasteiger partial charge in [0, 0.05) is 29.3 Å². The number of hydrogen-bond acceptors (Lipinski definition) is 6. The molecular weight excluding hydrogens is 608 g/mol. The lowest BCUT2D eigenvalue weighted by Crippen LogP contribution is -2.27. The lowest BCUT2D eigenvalue weighted by atomic mass is 9.83. The second kappa shape index (κ2) is 11.9. The van der Waals surface area contributed by atoms with Gasteiger partial charge in [0.2, 0.25) is 0 Å². The number of benzene rings is 3. The summed E-state index contributed by atoms with van der Waals surface area (Å²) in [5, 5.41) is 16.9. The predicted octanol–water partition coefficient (Wildman–Crippen LogP) is 9.69. The highest BCUT2D eigenvalue weighted by Gasteiger charge is 2.43. The van der Waals surface area contributed by atoms with Gasteiger partial charge in [-0.05, 0) is 62.4 Å². The predicted molar refractivity (Wildman–Crippen MR) is 171 cm³/mol. The van der Waals surface area contributed by atoms with Crippen LogP contribution in [0, 0.1) is 5.82 Å². The number of nitrogens with zero attached hydrogens (tertiary/aromatic N) is 2. The average Bonchev–Trinajstić information content (AvgIpc) is 3.46. The van der Waals surface area contributed by atoms with Gasteiger partial charge in [-0.2, -0.15) is 0 Å². The van der Waals surface area contributed by atoms with Crippen LogP contribution in [0.4, 0.5) is 45.1 Å². The molecule has 2 amide bonds. The van der Waals surface area contributed by atoms with Gasteiger partial charge in [-0.1, -0.05) is 38.1 Å². The molecule has 0 atom stereocenters. The number of amides is 2. The smallest absolute Gasteiger partial charge is 0.506 e. The van der Waals surface area contributed by atoms with Gasteiger partial charge >= 0.3 is 12.4 Å². The zero-order valence-electron chi connectivity index (χ0n) is 24.8. The minimum atomic E-state index is -4.83. The third-order valence-corrected chi connectivity index (χ3v) is 8.06. The number of ether oxygens (including phenoxy) is 1. The molecule has 0 aliphatic carbocycles. The summed E-state index contributed by atoms with van der Waals surface area (Å²) < 4.78 is 57.1. The number of para-hydroxylation sites is 2. The van der Waals surface area contributed by atoms with Crippen LogP contribution >= 0.6 is 11.3 Å². The normalized spacial score (nSPS) is 13.6. The number of thiazole rings is 1. The molecule has 1 aliphatic heterocycles. The molecule has 0 spiro atoms. The van der Waals surface area contributed by atoms with Crippen molar-refractivity contribution < 1.29 is 32.2 Å². The van der Waals surface area contributed by atoms with Crippen LogP contribution in [-0.2, 0) is 5.41 Å². The summed E-state index contributed by atoms with van der Waals surface area (Å²) in [6.07, 6.45) is -1.24. The van der Waals surface area contributed by atoms with E-state index in [4.69, 9.17) is 0 Å². The molecule has 1 aromatic heterocycles. The van der Waals surface area contributed by atoms with Gasteiger partial charge in [0.1, 0.15) is 22.3 Å².